The molecule has 2 amide bonds. The SMILES string of the molecule is CC(CC(=O)NCC(=O)Nc1cccc2c(=O)[nH][nH]c(=O)c12)c1ccc(F)cc1. The summed E-state index contributed by atoms with van der Waals surface area (Å²) in [7, 11) is 0. The fraction of sp³-hybridized carbons (Fsp3) is 0.200. The highest BCUT2D eigenvalue weighted by Crippen LogP contribution is 2.19. The number of benzene rings is 2. The van der Waals surface area contributed by atoms with Gasteiger partial charge in [0.05, 0.1) is 23.0 Å². The van der Waals surface area contributed by atoms with Crippen LogP contribution in [0.1, 0.15) is 24.8 Å². The number of fused-ring (bicyclic) bond motifs is 1. The average molecular weight is 398 g/mol. The fourth-order valence-electron chi connectivity index (χ4n) is 2.97. The lowest BCUT2D eigenvalue weighted by Crippen LogP contribution is -2.33. The molecule has 4 N–H and O–H groups in total. The second-order valence-corrected chi connectivity index (χ2v) is 6.62. The first-order chi connectivity index (χ1) is 13.8. The van der Waals surface area contributed by atoms with Gasteiger partial charge in [-0.15, -0.1) is 0 Å². The molecule has 0 saturated carbocycles. The fourth-order valence-corrected chi connectivity index (χ4v) is 2.97. The molecule has 1 heterocycles. The van der Waals surface area contributed by atoms with E-state index in [4.69, 9.17) is 0 Å². The Labute approximate surface area is 164 Å². The van der Waals surface area contributed by atoms with Gasteiger partial charge in [0.15, 0.2) is 0 Å². The number of halogens is 1. The number of amides is 2. The molecule has 0 saturated heterocycles. The summed E-state index contributed by atoms with van der Waals surface area (Å²) in [5.74, 6) is -1.39. The van der Waals surface area contributed by atoms with Crippen LogP contribution < -0.4 is 21.8 Å². The minimum Gasteiger partial charge on any atom is -0.347 e. The molecule has 0 bridgehead atoms. The molecule has 1 unspecified atom stereocenters. The van der Waals surface area contributed by atoms with Crippen LogP contribution in [-0.4, -0.2) is 28.6 Å². The van der Waals surface area contributed by atoms with E-state index in [1.54, 1.807) is 12.1 Å². The zero-order chi connectivity index (χ0) is 21.0. The number of H-pyrrole nitrogens is 2. The number of hydrogen-bond donors (Lipinski definition) is 4. The largest absolute Gasteiger partial charge is 0.347 e. The van der Waals surface area contributed by atoms with Crippen LogP contribution in [0.5, 0.6) is 0 Å². The van der Waals surface area contributed by atoms with Crippen LogP contribution in [0.3, 0.4) is 0 Å². The van der Waals surface area contributed by atoms with Gasteiger partial charge in [0.2, 0.25) is 11.8 Å². The van der Waals surface area contributed by atoms with Crippen molar-refractivity contribution < 1.29 is 14.0 Å². The van der Waals surface area contributed by atoms with Gasteiger partial charge in [-0.1, -0.05) is 25.1 Å². The molecule has 2 aromatic carbocycles. The summed E-state index contributed by atoms with van der Waals surface area (Å²) < 4.78 is 13.0. The van der Waals surface area contributed by atoms with Crippen molar-refractivity contribution in [1.29, 1.82) is 0 Å². The van der Waals surface area contributed by atoms with E-state index in [-0.39, 0.29) is 47.1 Å². The Kier molecular flexibility index (Phi) is 5.87. The third-order valence-corrected chi connectivity index (χ3v) is 4.48. The maximum atomic E-state index is 13.0. The van der Waals surface area contributed by atoms with Crippen LogP contribution in [0.15, 0.2) is 52.1 Å². The lowest BCUT2D eigenvalue weighted by molar-refractivity contribution is -0.124. The molecule has 150 valence electrons. The van der Waals surface area contributed by atoms with Crippen LogP contribution in [-0.2, 0) is 9.59 Å². The summed E-state index contributed by atoms with van der Waals surface area (Å²) in [4.78, 5) is 48.1. The molecule has 0 aliphatic heterocycles. The van der Waals surface area contributed by atoms with Crippen molar-refractivity contribution >= 4 is 28.3 Å². The maximum Gasteiger partial charge on any atom is 0.272 e. The monoisotopic (exact) mass is 398 g/mol. The topological polar surface area (TPSA) is 124 Å². The Morgan fingerprint density at radius 3 is 2.41 bits per heavy atom. The standard InChI is InChI=1S/C20H19FN4O4/c1-11(12-5-7-13(21)8-6-12)9-16(26)22-10-17(27)23-15-4-2-3-14-18(15)20(29)25-24-19(14)28/h2-8,11H,9-10H2,1H3,(H,22,26)(H,23,27)(H,24,28)(H,25,29). The van der Waals surface area contributed by atoms with Gasteiger partial charge in [0.1, 0.15) is 5.82 Å². The van der Waals surface area contributed by atoms with E-state index in [1.165, 1.54) is 30.3 Å². The van der Waals surface area contributed by atoms with Gasteiger partial charge in [-0.25, -0.2) is 4.39 Å². The van der Waals surface area contributed by atoms with Gasteiger partial charge in [0.25, 0.3) is 11.1 Å². The van der Waals surface area contributed by atoms with E-state index < -0.39 is 17.0 Å². The molecule has 0 aliphatic carbocycles. The number of carbonyl (C=O) groups excluding carboxylic acids is 2. The molecule has 0 radical (unpaired) electrons. The first-order valence-electron chi connectivity index (χ1n) is 8.91. The van der Waals surface area contributed by atoms with Crippen molar-refractivity contribution in [1.82, 2.24) is 15.5 Å². The van der Waals surface area contributed by atoms with Gasteiger partial charge in [-0.05, 0) is 35.7 Å². The van der Waals surface area contributed by atoms with Gasteiger partial charge < -0.3 is 10.6 Å². The molecule has 29 heavy (non-hydrogen) atoms. The summed E-state index contributed by atoms with van der Waals surface area (Å²) in [5, 5.41) is 9.66. The maximum absolute atomic E-state index is 13.0. The smallest absolute Gasteiger partial charge is 0.272 e. The molecule has 3 aromatic rings. The van der Waals surface area contributed by atoms with Crippen molar-refractivity contribution in [2.24, 2.45) is 0 Å². The predicted octanol–water partition coefficient (Wildman–Crippen LogP) is 1.60. The molecular formula is C20H19FN4O4. The zero-order valence-electron chi connectivity index (χ0n) is 15.5. The van der Waals surface area contributed by atoms with E-state index in [1.807, 2.05) is 6.92 Å². The van der Waals surface area contributed by atoms with E-state index in [9.17, 15) is 23.6 Å². The molecule has 0 aliphatic rings. The van der Waals surface area contributed by atoms with E-state index in [0.717, 1.165) is 5.56 Å². The molecular weight excluding hydrogens is 379 g/mol. The molecule has 9 heteroatoms. The highest BCUT2D eigenvalue weighted by Gasteiger charge is 2.14. The summed E-state index contributed by atoms with van der Waals surface area (Å²) in [6, 6.07) is 10.4. The first-order valence-corrected chi connectivity index (χ1v) is 8.91. The van der Waals surface area contributed by atoms with Crippen molar-refractivity contribution in [3.8, 4) is 0 Å². The van der Waals surface area contributed by atoms with Crippen LogP contribution in [0.4, 0.5) is 10.1 Å². The van der Waals surface area contributed by atoms with E-state index in [2.05, 4.69) is 20.8 Å². The number of rotatable bonds is 6. The Bertz CT molecular complexity index is 1170. The molecule has 0 fully saturated rings. The molecule has 3 rings (SSSR count). The number of carbonyl (C=O) groups is 2. The Hall–Kier alpha value is -3.75. The third kappa shape index (κ3) is 4.75. The molecule has 1 atom stereocenters. The second kappa shape index (κ2) is 8.51. The van der Waals surface area contributed by atoms with E-state index in [0.29, 0.717) is 0 Å². The summed E-state index contributed by atoms with van der Waals surface area (Å²) in [6.07, 6.45) is 0.127. The summed E-state index contributed by atoms with van der Waals surface area (Å²) in [6.45, 7) is 1.53. The minimum atomic E-state index is -0.548. The lowest BCUT2D eigenvalue weighted by atomic mass is 9.97. The number of aromatic amines is 2. The summed E-state index contributed by atoms with van der Waals surface area (Å²) in [5.41, 5.74) is -0.0496. The van der Waals surface area contributed by atoms with Gasteiger partial charge >= 0.3 is 0 Å². The predicted molar refractivity (Wildman–Crippen MR) is 106 cm³/mol. The van der Waals surface area contributed by atoms with Crippen LogP contribution in [0.25, 0.3) is 10.8 Å². The first kappa shape index (κ1) is 20.0. The van der Waals surface area contributed by atoms with E-state index >= 15 is 0 Å². The lowest BCUT2D eigenvalue weighted by Gasteiger charge is -2.12. The molecule has 1 aromatic heterocycles. The van der Waals surface area contributed by atoms with Crippen molar-refractivity contribution in [2.75, 3.05) is 11.9 Å². The Balaban J connectivity index is 1.60. The average Bonchev–Trinajstić information content (AvgIpc) is 2.70. The number of anilines is 1. The highest BCUT2D eigenvalue weighted by molar-refractivity contribution is 6.02. The molecule has 8 nitrogen and oxygen atoms in total. The van der Waals surface area contributed by atoms with Crippen LogP contribution in [0.2, 0.25) is 0 Å². The van der Waals surface area contributed by atoms with Gasteiger partial charge in [-0.2, -0.15) is 0 Å². The second-order valence-electron chi connectivity index (χ2n) is 6.62. The number of aromatic nitrogens is 2. The Morgan fingerprint density at radius 2 is 1.69 bits per heavy atom. The zero-order valence-corrected chi connectivity index (χ0v) is 15.5. The van der Waals surface area contributed by atoms with Crippen LogP contribution >= 0.6 is 0 Å². The summed E-state index contributed by atoms with van der Waals surface area (Å²) >= 11 is 0. The molecule has 0 spiro atoms. The third-order valence-electron chi connectivity index (χ3n) is 4.48. The van der Waals surface area contributed by atoms with Crippen molar-refractivity contribution in [2.45, 2.75) is 19.3 Å². The van der Waals surface area contributed by atoms with Crippen molar-refractivity contribution in [3.63, 3.8) is 0 Å². The van der Waals surface area contributed by atoms with Crippen molar-refractivity contribution in [3.05, 3.63) is 74.6 Å². The van der Waals surface area contributed by atoms with Crippen LogP contribution in [0, 0.1) is 5.82 Å². The Morgan fingerprint density at radius 1 is 1.00 bits per heavy atom. The normalized spacial score (nSPS) is 11.8. The highest BCUT2D eigenvalue weighted by atomic mass is 19.1. The number of nitrogens with one attached hydrogen (secondary N) is 4. The van der Waals surface area contributed by atoms with Gasteiger partial charge in [-0.3, -0.25) is 29.4 Å². The number of hydrogen-bond acceptors (Lipinski definition) is 4. The van der Waals surface area contributed by atoms with Gasteiger partial charge in [0, 0.05) is 6.42 Å². The quantitative estimate of drug-likeness (QED) is 0.503. The minimum absolute atomic E-state index is 0.0564.